The molecule has 2 heterocycles. The van der Waals surface area contributed by atoms with Gasteiger partial charge in [-0.3, -0.25) is 24.5 Å². The number of nitro benzene ring substituents is 1. The van der Waals surface area contributed by atoms with Crippen molar-refractivity contribution in [3.8, 4) is 0 Å². The number of nitro groups is 1. The maximum absolute atomic E-state index is 14.6. The number of non-ortho nitro benzene ring substituents is 1. The van der Waals surface area contributed by atoms with Gasteiger partial charge in [0, 0.05) is 40.4 Å². The van der Waals surface area contributed by atoms with Crippen LogP contribution in [0.1, 0.15) is 48.1 Å². The molecule has 0 aromatic heterocycles. The van der Waals surface area contributed by atoms with Gasteiger partial charge in [-0.2, -0.15) is 0 Å². The smallest absolute Gasteiger partial charge is 0.270 e. The first-order chi connectivity index (χ1) is 19.8. The number of ketones is 3. The highest BCUT2D eigenvalue weighted by Crippen LogP contribution is 2.61. The summed E-state index contributed by atoms with van der Waals surface area (Å²) in [5.74, 6) is -2.81. The van der Waals surface area contributed by atoms with Crippen LogP contribution in [-0.4, -0.2) is 34.4 Å². The van der Waals surface area contributed by atoms with Crippen molar-refractivity contribution in [2.24, 2.45) is 5.41 Å². The molecule has 1 fully saturated rings. The lowest BCUT2D eigenvalue weighted by Gasteiger charge is -2.37. The lowest BCUT2D eigenvalue weighted by atomic mass is 9.64. The van der Waals surface area contributed by atoms with Crippen molar-refractivity contribution >= 4 is 34.8 Å². The Hall–Kier alpha value is -5.24. The maximum Gasteiger partial charge on any atom is 0.270 e. The summed E-state index contributed by atoms with van der Waals surface area (Å²) >= 11 is 0. The quantitative estimate of drug-likeness (QED) is 0.134. The molecular formula is C33H21FN2O5. The Morgan fingerprint density at radius 2 is 1.51 bits per heavy atom. The Labute approximate surface area is 233 Å². The second kappa shape index (κ2) is 8.89. The number of Topliss-reactive ketones (excluding diaryl/α,β-unsaturated/α-hetero) is 3. The van der Waals surface area contributed by atoms with E-state index in [-0.39, 0.29) is 22.4 Å². The molecule has 2 aliphatic heterocycles. The summed E-state index contributed by atoms with van der Waals surface area (Å²) < 4.78 is 14.2. The van der Waals surface area contributed by atoms with Crippen LogP contribution in [0.3, 0.4) is 0 Å². The van der Waals surface area contributed by atoms with Crippen molar-refractivity contribution in [3.63, 3.8) is 0 Å². The molecule has 4 aromatic carbocycles. The van der Waals surface area contributed by atoms with Gasteiger partial charge in [-0.05, 0) is 29.3 Å². The van der Waals surface area contributed by atoms with Gasteiger partial charge in [0.2, 0.25) is 0 Å². The third-order valence-corrected chi connectivity index (χ3v) is 8.55. The molecule has 3 atom stereocenters. The van der Waals surface area contributed by atoms with Gasteiger partial charge in [-0.15, -0.1) is 0 Å². The Morgan fingerprint density at radius 3 is 2.20 bits per heavy atom. The lowest BCUT2D eigenvalue weighted by molar-refractivity contribution is -0.384. The van der Waals surface area contributed by atoms with E-state index in [2.05, 4.69) is 0 Å². The highest BCUT2D eigenvalue weighted by Gasteiger charge is 2.71. The summed E-state index contributed by atoms with van der Waals surface area (Å²) in [7, 11) is 0. The zero-order valence-corrected chi connectivity index (χ0v) is 21.4. The molecule has 0 bridgehead atoms. The van der Waals surface area contributed by atoms with Gasteiger partial charge in [-0.25, -0.2) is 4.39 Å². The summed E-state index contributed by atoms with van der Waals surface area (Å²) in [6.07, 6.45) is 3.64. The minimum absolute atomic E-state index is 0.0783. The number of anilines is 1. The van der Waals surface area contributed by atoms with Crippen molar-refractivity contribution in [1.29, 1.82) is 0 Å². The topological polar surface area (TPSA) is 97.6 Å². The number of benzene rings is 4. The summed E-state index contributed by atoms with van der Waals surface area (Å²) in [6, 6.07) is 23.0. The fourth-order valence-corrected chi connectivity index (χ4v) is 6.90. The maximum atomic E-state index is 14.6. The average molecular weight is 545 g/mol. The minimum atomic E-state index is -1.73. The molecule has 7 nitrogen and oxygen atoms in total. The molecule has 7 rings (SSSR count). The Morgan fingerprint density at radius 1 is 0.854 bits per heavy atom. The van der Waals surface area contributed by atoms with E-state index in [1.54, 1.807) is 30.3 Å². The monoisotopic (exact) mass is 544 g/mol. The molecule has 0 saturated carbocycles. The average Bonchev–Trinajstić information content (AvgIpc) is 3.43. The van der Waals surface area contributed by atoms with Gasteiger partial charge < -0.3 is 4.90 Å². The SMILES string of the molecule is O=C(c1cccc([N+](=O)[O-])c1)[C@@H]1[C@@H](c2ccc(F)cc2)C2(C(=O)c3ccccc3C2=O)C2C=Cc3ccccc3N21. The van der Waals surface area contributed by atoms with E-state index in [4.69, 9.17) is 0 Å². The minimum Gasteiger partial charge on any atom is -0.352 e. The second-order valence-corrected chi connectivity index (χ2v) is 10.5. The van der Waals surface area contributed by atoms with E-state index in [1.807, 2.05) is 35.2 Å². The first-order valence-corrected chi connectivity index (χ1v) is 13.1. The number of fused-ring (bicyclic) bond motifs is 5. The van der Waals surface area contributed by atoms with Gasteiger partial charge in [0.05, 0.1) is 11.0 Å². The molecule has 8 heteroatoms. The number of para-hydroxylation sites is 1. The predicted molar refractivity (Wildman–Crippen MR) is 150 cm³/mol. The third-order valence-electron chi connectivity index (χ3n) is 8.55. The first kappa shape index (κ1) is 24.8. The van der Waals surface area contributed by atoms with Crippen molar-refractivity contribution in [2.45, 2.75) is 18.0 Å². The Balaban J connectivity index is 1.54. The molecule has 200 valence electrons. The van der Waals surface area contributed by atoms with E-state index in [0.29, 0.717) is 11.3 Å². The number of halogens is 1. The zero-order valence-electron chi connectivity index (χ0n) is 21.4. The Bertz CT molecular complexity index is 1790. The van der Waals surface area contributed by atoms with Crippen LogP contribution in [0, 0.1) is 21.3 Å². The lowest BCUT2D eigenvalue weighted by Crippen LogP contribution is -2.48. The number of carbonyl (C=O) groups excluding carboxylic acids is 3. The molecule has 1 spiro atoms. The number of nitrogens with zero attached hydrogens (tertiary/aromatic N) is 2. The first-order valence-electron chi connectivity index (χ1n) is 13.1. The van der Waals surface area contributed by atoms with Crippen LogP contribution in [-0.2, 0) is 0 Å². The van der Waals surface area contributed by atoms with Crippen molar-refractivity contribution in [1.82, 2.24) is 0 Å². The van der Waals surface area contributed by atoms with Gasteiger partial charge in [0.1, 0.15) is 17.3 Å². The molecule has 0 N–H and O–H groups in total. The fourth-order valence-electron chi connectivity index (χ4n) is 6.90. The van der Waals surface area contributed by atoms with Crippen LogP contribution in [0.4, 0.5) is 15.8 Å². The molecular weight excluding hydrogens is 523 g/mol. The predicted octanol–water partition coefficient (Wildman–Crippen LogP) is 6.05. The second-order valence-electron chi connectivity index (χ2n) is 10.5. The third kappa shape index (κ3) is 3.34. The van der Waals surface area contributed by atoms with E-state index in [9.17, 15) is 28.9 Å². The van der Waals surface area contributed by atoms with Crippen LogP contribution in [0.25, 0.3) is 6.08 Å². The van der Waals surface area contributed by atoms with Gasteiger partial charge in [-0.1, -0.05) is 78.9 Å². The van der Waals surface area contributed by atoms with E-state index >= 15 is 0 Å². The zero-order chi connectivity index (χ0) is 28.5. The van der Waals surface area contributed by atoms with E-state index in [0.717, 1.165) is 5.56 Å². The molecule has 1 aliphatic carbocycles. The van der Waals surface area contributed by atoms with E-state index in [1.165, 1.54) is 48.5 Å². The standard InChI is InChI=1S/C33H21FN2O5/c34-22-15-12-20(13-16-22)28-29(30(37)21-7-5-8-23(18-21)36(40)41)35-26-11-4-1-6-19(26)14-17-27(35)33(28)31(38)24-9-2-3-10-25(24)32(33)39/h1-18,27-29H/t27?,28-,29+/m1/s1. The molecule has 4 aromatic rings. The number of hydrogen-bond acceptors (Lipinski definition) is 6. The number of carbonyl (C=O) groups is 3. The summed E-state index contributed by atoms with van der Waals surface area (Å²) in [4.78, 5) is 56.5. The summed E-state index contributed by atoms with van der Waals surface area (Å²) in [5, 5.41) is 11.6. The van der Waals surface area contributed by atoms with Crippen molar-refractivity contribution in [2.75, 3.05) is 4.90 Å². The molecule has 41 heavy (non-hydrogen) atoms. The molecule has 0 amide bonds. The number of hydrogen-bond donors (Lipinski definition) is 0. The number of rotatable bonds is 4. The van der Waals surface area contributed by atoms with Crippen molar-refractivity contribution in [3.05, 3.63) is 147 Å². The van der Waals surface area contributed by atoms with Crippen LogP contribution >= 0.6 is 0 Å². The highest BCUT2D eigenvalue weighted by molar-refractivity contribution is 6.32. The van der Waals surface area contributed by atoms with Crippen LogP contribution in [0.15, 0.2) is 103 Å². The van der Waals surface area contributed by atoms with Gasteiger partial charge in [0.15, 0.2) is 17.3 Å². The molecule has 1 saturated heterocycles. The van der Waals surface area contributed by atoms with Gasteiger partial charge >= 0.3 is 0 Å². The molecule has 3 aliphatic rings. The van der Waals surface area contributed by atoms with Crippen LogP contribution < -0.4 is 4.90 Å². The molecule has 1 unspecified atom stereocenters. The normalized spacial score (nSPS) is 21.5. The van der Waals surface area contributed by atoms with Crippen molar-refractivity contribution < 1.29 is 23.7 Å². The molecule has 0 radical (unpaired) electrons. The van der Waals surface area contributed by atoms with Crippen LogP contribution in [0.5, 0.6) is 0 Å². The Kier molecular flexibility index (Phi) is 5.37. The largest absolute Gasteiger partial charge is 0.352 e. The van der Waals surface area contributed by atoms with Crippen LogP contribution in [0.2, 0.25) is 0 Å². The fraction of sp³-hybridized carbons (Fsp3) is 0.121. The van der Waals surface area contributed by atoms with Gasteiger partial charge in [0.25, 0.3) is 5.69 Å². The summed E-state index contributed by atoms with van der Waals surface area (Å²) in [5.41, 5.74) is 0.556. The highest BCUT2D eigenvalue weighted by atomic mass is 19.1. The summed E-state index contributed by atoms with van der Waals surface area (Å²) in [6.45, 7) is 0. The van der Waals surface area contributed by atoms with E-state index < -0.39 is 51.5 Å².